The highest BCUT2D eigenvalue weighted by atomic mass is 16.4. The van der Waals surface area contributed by atoms with Crippen LogP contribution >= 0.6 is 0 Å². The zero-order valence-corrected chi connectivity index (χ0v) is 18.5. The van der Waals surface area contributed by atoms with E-state index < -0.39 is 87.1 Å². The van der Waals surface area contributed by atoms with Gasteiger partial charge in [0.1, 0.15) is 5.75 Å². The van der Waals surface area contributed by atoms with Crippen LogP contribution in [0.5, 0.6) is 5.75 Å². The molecule has 12 heteroatoms. The van der Waals surface area contributed by atoms with Crippen LogP contribution in [-0.2, 0) is 24.8 Å². The van der Waals surface area contributed by atoms with Crippen LogP contribution in [0, 0.1) is 11.8 Å². The summed E-state index contributed by atoms with van der Waals surface area (Å²) in [6, 6.07) is 2.10. The minimum atomic E-state index is -3.61. The predicted octanol–water partition coefficient (Wildman–Crippen LogP) is -3.24. The van der Waals surface area contributed by atoms with E-state index in [9.17, 15) is 49.5 Å². The van der Waals surface area contributed by atoms with Crippen LogP contribution in [0.3, 0.4) is 0 Å². The van der Waals surface area contributed by atoms with Crippen molar-refractivity contribution in [3.8, 4) is 5.75 Å². The van der Waals surface area contributed by atoms with Crippen LogP contribution in [0.1, 0.15) is 29.3 Å². The van der Waals surface area contributed by atoms with Gasteiger partial charge >= 0.3 is 0 Å². The Morgan fingerprint density at radius 3 is 2.15 bits per heavy atom. The van der Waals surface area contributed by atoms with Gasteiger partial charge in [0.15, 0.2) is 17.0 Å². The number of nitrogens with zero attached hydrogens (tertiary/aromatic N) is 1. The topological polar surface area (TPSA) is 216 Å². The number of likely N-dealkylation sites (N-methyl/N-ethyl adjacent to an activating group) is 1. The van der Waals surface area contributed by atoms with Crippen molar-refractivity contribution < 1.29 is 49.5 Å². The Morgan fingerprint density at radius 2 is 1.62 bits per heavy atom. The maximum absolute atomic E-state index is 13.7. The van der Waals surface area contributed by atoms with Gasteiger partial charge in [0.25, 0.3) is 11.5 Å². The Kier molecular flexibility index (Phi) is 4.80. The molecule has 2 fully saturated rings. The van der Waals surface area contributed by atoms with Crippen LogP contribution < -0.4 is 5.73 Å². The number of phenols is 1. The van der Waals surface area contributed by atoms with E-state index in [2.05, 4.69) is 0 Å². The Morgan fingerprint density at radius 1 is 1.03 bits per heavy atom. The highest BCUT2D eigenvalue weighted by Gasteiger charge is 2.79. The first kappa shape index (κ1) is 24.1. The number of aliphatic hydroxyl groups is 4. The van der Waals surface area contributed by atoms with Crippen molar-refractivity contribution in [2.75, 3.05) is 14.1 Å². The van der Waals surface area contributed by atoms with E-state index in [-0.39, 0.29) is 5.56 Å². The number of ketones is 4. The second-order valence-electron chi connectivity index (χ2n) is 9.61. The zero-order chi connectivity index (χ0) is 25.8. The molecule has 0 saturated heterocycles. The molecule has 1 aromatic rings. The molecular weight excluding hydrogens is 452 g/mol. The van der Waals surface area contributed by atoms with Gasteiger partial charge in [-0.2, -0.15) is 0 Å². The number of amides is 1. The highest BCUT2D eigenvalue weighted by molar-refractivity contribution is 6.39. The minimum Gasteiger partial charge on any atom is -0.507 e. The first-order valence-corrected chi connectivity index (χ1v) is 10.4. The third kappa shape index (κ3) is 2.41. The molecule has 1 aromatic carbocycles. The summed E-state index contributed by atoms with van der Waals surface area (Å²) in [5.74, 6) is -12.4. The smallest absolute Gasteiger partial charge is 0.265 e. The number of carbonyl (C=O) groups is 5. The molecule has 0 aliphatic heterocycles. The fourth-order valence-corrected chi connectivity index (χ4v) is 5.93. The number of primary amides is 1. The second kappa shape index (κ2) is 6.77. The zero-order valence-electron chi connectivity index (χ0n) is 18.5. The van der Waals surface area contributed by atoms with Crippen LogP contribution in [-0.4, -0.2) is 96.4 Å². The largest absolute Gasteiger partial charge is 0.507 e. The molecule has 34 heavy (non-hydrogen) atoms. The average molecular weight is 476 g/mol. The van der Waals surface area contributed by atoms with E-state index in [0.29, 0.717) is 0 Å². The lowest BCUT2D eigenvalue weighted by molar-refractivity contribution is -0.215. The normalized spacial score (nSPS) is 41.7. The third-order valence-electron chi connectivity index (χ3n) is 7.66. The number of Topliss-reactive ketones (excluding diaryl/α,β-unsaturated/α-hetero) is 4. The average Bonchev–Trinajstić information content (AvgIpc) is 2.75. The third-order valence-corrected chi connectivity index (χ3v) is 7.66. The molecule has 7 atom stereocenters. The Hall–Kier alpha value is -3.03. The standard InChI is InChI=1S/C22H24N2O10/c1-19(31)8-5-4-6-10(25)12(8)14(26)21(33)11(19)7-9-13(24(2)3)15(27)22(34,18(23)30)17(29)20(9,32)16(21)28/h4-6,9,11,13,25,31-34H,7H2,1-3H3,(H2,23,30)/t9-,11+,13-,19+,20-,21?,22?/m0/s1. The maximum Gasteiger partial charge on any atom is 0.265 e. The molecule has 4 rings (SSSR count). The highest BCUT2D eigenvalue weighted by Crippen LogP contribution is 2.57. The van der Waals surface area contributed by atoms with E-state index in [1.807, 2.05) is 0 Å². The van der Waals surface area contributed by atoms with Gasteiger partial charge in [-0.05, 0) is 39.1 Å². The van der Waals surface area contributed by atoms with Crippen molar-refractivity contribution in [2.24, 2.45) is 17.6 Å². The van der Waals surface area contributed by atoms with Gasteiger partial charge in [-0.15, -0.1) is 0 Å². The molecule has 2 unspecified atom stereocenters. The molecule has 7 N–H and O–H groups in total. The summed E-state index contributed by atoms with van der Waals surface area (Å²) in [7, 11) is 2.64. The summed E-state index contributed by atoms with van der Waals surface area (Å²) in [4.78, 5) is 66.6. The fourth-order valence-electron chi connectivity index (χ4n) is 5.93. The van der Waals surface area contributed by atoms with Gasteiger partial charge in [0, 0.05) is 11.8 Å². The molecule has 182 valence electrons. The van der Waals surface area contributed by atoms with E-state index in [0.717, 1.165) is 11.0 Å². The van der Waals surface area contributed by atoms with Crippen molar-refractivity contribution in [1.82, 2.24) is 4.90 Å². The molecule has 0 spiro atoms. The summed E-state index contributed by atoms with van der Waals surface area (Å²) in [5, 5.41) is 55.3. The summed E-state index contributed by atoms with van der Waals surface area (Å²) >= 11 is 0. The molecular formula is C22H24N2O10. The van der Waals surface area contributed by atoms with Crippen LogP contribution in [0.25, 0.3) is 0 Å². The lowest BCUT2D eigenvalue weighted by Crippen LogP contribution is -2.84. The van der Waals surface area contributed by atoms with Crippen LogP contribution in [0.2, 0.25) is 0 Å². The summed E-state index contributed by atoms with van der Waals surface area (Å²) < 4.78 is 0. The molecule has 0 bridgehead atoms. The number of carbonyl (C=O) groups excluding carboxylic acids is 5. The van der Waals surface area contributed by atoms with Crippen molar-refractivity contribution in [1.29, 1.82) is 0 Å². The van der Waals surface area contributed by atoms with Crippen molar-refractivity contribution in [3.05, 3.63) is 29.3 Å². The Balaban J connectivity index is 2.04. The molecule has 0 heterocycles. The van der Waals surface area contributed by atoms with Gasteiger partial charge in [0.05, 0.1) is 17.2 Å². The van der Waals surface area contributed by atoms with Gasteiger partial charge in [-0.1, -0.05) is 12.1 Å². The van der Waals surface area contributed by atoms with Crippen molar-refractivity contribution >= 4 is 29.0 Å². The monoisotopic (exact) mass is 476 g/mol. The number of rotatable bonds is 2. The van der Waals surface area contributed by atoms with E-state index in [1.165, 1.54) is 33.2 Å². The fraction of sp³-hybridized carbons (Fsp3) is 0.500. The number of benzene rings is 1. The van der Waals surface area contributed by atoms with Gasteiger partial charge in [-0.3, -0.25) is 28.9 Å². The SMILES string of the molecule is CN(C)[C@@H]1C(=O)C(O)(C(N)=O)C(=O)[C@@]2(O)C(=O)C3(O)C(=O)c4c(O)cccc4[C@@](C)(O)[C@H]3C[C@@H]12. The minimum absolute atomic E-state index is 0.103. The number of aromatic hydroxyl groups is 1. The van der Waals surface area contributed by atoms with Gasteiger partial charge < -0.3 is 31.3 Å². The lowest BCUT2D eigenvalue weighted by Gasteiger charge is -2.58. The molecule has 0 aromatic heterocycles. The summed E-state index contributed by atoms with van der Waals surface area (Å²) in [6.45, 7) is 1.18. The Bertz CT molecular complexity index is 1190. The van der Waals surface area contributed by atoms with Crippen LogP contribution in [0.4, 0.5) is 0 Å². The number of hydrogen-bond donors (Lipinski definition) is 6. The Labute approximate surface area is 192 Å². The predicted molar refractivity (Wildman–Crippen MR) is 110 cm³/mol. The molecule has 3 aliphatic rings. The number of nitrogens with two attached hydrogens (primary N) is 1. The van der Waals surface area contributed by atoms with Crippen molar-refractivity contribution in [2.45, 2.75) is 41.8 Å². The number of phenolic OH excluding ortho intramolecular Hbond substituents is 1. The van der Waals surface area contributed by atoms with E-state index >= 15 is 0 Å². The molecule has 3 aliphatic carbocycles. The summed E-state index contributed by atoms with van der Waals surface area (Å²) in [6.07, 6.45) is -0.623. The first-order chi connectivity index (χ1) is 15.5. The van der Waals surface area contributed by atoms with Crippen LogP contribution in [0.15, 0.2) is 18.2 Å². The molecule has 2 saturated carbocycles. The van der Waals surface area contributed by atoms with Gasteiger partial charge in [0.2, 0.25) is 17.3 Å². The first-order valence-electron chi connectivity index (χ1n) is 10.4. The number of hydrogen-bond acceptors (Lipinski definition) is 11. The van der Waals surface area contributed by atoms with Gasteiger partial charge in [-0.25, -0.2) is 0 Å². The summed E-state index contributed by atoms with van der Waals surface area (Å²) in [5.41, 5.74) is -7.97. The molecule has 0 radical (unpaired) electrons. The molecule has 1 amide bonds. The van der Waals surface area contributed by atoms with Crippen molar-refractivity contribution in [3.63, 3.8) is 0 Å². The van der Waals surface area contributed by atoms with E-state index in [1.54, 1.807) is 0 Å². The van der Waals surface area contributed by atoms with E-state index in [4.69, 9.17) is 5.73 Å². The second-order valence-corrected chi connectivity index (χ2v) is 9.61. The number of fused-ring (bicyclic) bond motifs is 3. The lowest BCUT2D eigenvalue weighted by atomic mass is 9.47. The molecule has 12 nitrogen and oxygen atoms in total. The maximum atomic E-state index is 13.7. The quantitative estimate of drug-likeness (QED) is 0.233.